The van der Waals surface area contributed by atoms with Gasteiger partial charge in [0.05, 0.1) is 27.9 Å². The number of phenols is 1. The molecular formula is C30H28N4O6. The quantitative estimate of drug-likeness (QED) is 0.255. The third-order valence-corrected chi connectivity index (χ3v) is 6.61. The van der Waals surface area contributed by atoms with Crippen molar-refractivity contribution in [1.29, 1.82) is 0 Å². The number of hydrogen-bond donors (Lipinski definition) is 2. The topological polar surface area (TPSA) is 129 Å². The fraction of sp³-hybridized carbons (Fsp3) is 0.200. The summed E-state index contributed by atoms with van der Waals surface area (Å²) in [5, 5.41) is 18.8. The SMILES string of the molecule is COc1ccc(C(CC(=O)NCc2nc(-c3ccc(OC)c(OC)c3)no2)c2ccc3cccnc3c2O)cc1. The first-order valence-electron chi connectivity index (χ1n) is 12.5. The van der Waals surface area contributed by atoms with Gasteiger partial charge in [-0.2, -0.15) is 4.98 Å². The van der Waals surface area contributed by atoms with E-state index in [9.17, 15) is 9.90 Å². The minimum atomic E-state index is -0.442. The third kappa shape index (κ3) is 5.51. The lowest BCUT2D eigenvalue weighted by Crippen LogP contribution is -2.25. The van der Waals surface area contributed by atoms with Crippen molar-refractivity contribution < 1.29 is 28.6 Å². The van der Waals surface area contributed by atoms with E-state index in [0.717, 1.165) is 10.9 Å². The highest BCUT2D eigenvalue weighted by atomic mass is 16.5. The van der Waals surface area contributed by atoms with Crippen molar-refractivity contribution >= 4 is 16.8 Å². The second-order valence-electron chi connectivity index (χ2n) is 8.97. The molecule has 1 amide bonds. The number of aromatic hydroxyl groups is 1. The van der Waals surface area contributed by atoms with Gasteiger partial charge in [0.25, 0.3) is 0 Å². The number of nitrogens with zero attached hydrogens (tertiary/aromatic N) is 3. The molecule has 2 N–H and O–H groups in total. The Labute approximate surface area is 230 Å². The molecular weight excluding hydrogens is 512 g/mol. The second-order valence-corrected chi connectivity index (χ2v) is 8.97. The van der Waals surface area contributed by atoms with Crippen molar-refractivity contribution in [2.24, 2.45) is 0 Å². The summed E-state index contributed by atoms with van der Waals surface area (Å²) in [5.41, 5.74) is 2.60. The molecule has 3 aromatic carbocycles. The van der Waals surface area contributed by atoms with Gasteiger partial charge in [0.2, 0.25) is 17.6 Å². The number of hydrogen-bond acceptors (Lipinski definition) is 9. The first kappa shape index (κ1) is 26.5. The summed E-state index contributed by atoms with van der Waals surface area (Å²) in [4.78, 5) is 21.9. The van der Waals surface area contributed by atoms with E-state index in [-0.39, 0.29) is 30.5 Å². The molecule has 0 saturated carbocycles. The number of methoxy groups -OCH3 is 3. The Kier molecular flexibility index (Phi) is 7.77. The van der Waals surface area contributed by atoms with Crippen molar-refractivity contribution in [3.05, 3.63) is 89.9 Å². The molecule has 0 spiro atoms. The van der Waals surface area contributed by atoms with E-state index in [1.807, 2.05) is 48.5 Å². The van der Waals surface area contributed by atoms with Crippen molar-refractivity contribution in [3.8, 4) is 34.4 Å². The number of fused-ring (bicyclic) bond motifs is 1. The zero-order valence-electron chi connectivity index (χ0n) is 22.2. The highest BCUT2D eigenvalue weighted by Crippen LogP contribution is 2.38. The van der Waals surface area contributed by atoms with Crippen LogP contribution in [0, 0.1) is 0 Å². The Hall–Kier alpha value is -5.12. The van der Waals surface area contributed by atoms with E-state index in [4.69, 9.17) is 18.7 Å². The van der Waals surface area contributed by atoms with Gasteiger partial charge in [-0.25, -0.2) is 0 Å². The first-order chi connectivity index (χ1) is 19.5. The van der Waals surface area contributed by atoms with Crippen LogP contribution >= 0.6 is 0 Å². The fourth-order valence-electron chi connectivity index (χ4n) is 4.52. The number of ether oxygens (including phenoxy) is 3. The molecule has 0 aliphatic rings. The fourth-order valence-corrected chi connectivity index (χ4v) is 4.52. The van der Waals surface area contributed by atoms with E-state index < -0.39 is 5.92 Å². The van der Waals surface area contributed by atoms with Gasteiger partial charge < -0.3 is 29.2 Å². The molecule has 5 aromatic rings. The van der Waals surface area contributed by atoms with Crippen LogP contribution in [0.5, 0.6) is 23.0 Å². The van der Waals surface area contributed by atoms with Crippen LogP contribution in [-0.2, 0) is 11.3 Å². The van der Waals surface area contributed by atoms with Crippen LogP contribution in [0.4, 0.5) is 0 Å². The van der Waals surface area contributed by atoms with Gasteiger partial charge in [0.15, 0.2) is 11.5 Å². The molecule has 0 fully saturated rings. The molecule has 40 heavy (non-hydrogen) atoms. The van der Waals surface area contributed by atoms with Crippen molar-refractivity contribution in [1.82, 2.24) is 20.4 Å². The average molecular weight is 541 g/mol. The molecule has 5 rings (SSSR count). The van der Waals surface area contributed by atoms with E-state index in [1.54, 1.807) is 45.7 Å². The summed E-state index contributed by atoms with van der Waals surface area (Å²) in [7, 11) is 4.70. The lowest BCUT2D eigenvalue weighted by atomic mass is 9.87. The Bertz CT molecular complexity index is 1630. The molecule has 10 nitrogen and oxygen atoms in total. The molecule has 0 bridgehead atoms. The van der Waals surface area contributed by atoms with Crippen molar-refractivity contribution in [3.63, 3.8) is 0 Å². The number of amides is 1. The first-order valence-corrected chi connectivity index (χ1v) is 12.5. The van der Waals surface area contributed by atoms with E-state index in [0.29, 0.717) is 39.7 Å². The van der Waals surface area contributed by atoms with Gasteiger partial charge in [-0.15, -0.1) is 0 Å². The normalized spacial score (nSPS) is 11.7. The monoisotopic (exact) mass is 540 g/mol. The van der Waals surface area contributed by atoms with Crippen LogP contribution in [0.3, 0.4) is 0 Å². The highest BCUT2D eigenvalue weighted by molar-refractivity contribution is 5.86. The molecule has 0 aliphatic heterocycles. The van der Waals surface area contributed by atoms with Gasteiger partial charge >= 0.3 is 0 Å². The van der Waals surface area contributed by atoms with E-state index in [2.05, 4.69) is 20.4 Å². The lowest BCUT2D eigenvalue weighted by Gasteiger charge is -2.20. The molecule has 0 aliphatic carbocycles. The largest absolute Gasteiger partial charge is 0.505 e. The number of rotatable bonds is 10. The maximum Gasteiger partial charge on any atom is 0.246 e. The third-order valence-electron chi connectivity index (χ3n) is 6.61. The van der Waals surface area contributed by atoms with Crippen LogP contribution in [0.1, 0.15) is 29.4 Å². The van der Waals surface area contributed by atoms with Crippen LogP contribution in [0.15, 0.2) is 77.4 Å². The zero-order valence-corrected chi connectivity index (χ0v) is 22.2. The van der Waals surface area contributed by atoms with Crippen molar-refractivity contribution in [2.75, 3.05) is 21.3 Å². The number of carbonyl (C=O) groups is 1. The maximum absolute atomic E-state index is 13.1. The number of aromatic nitrogens is 3. The number of carbonyl (C=O) groups excluding carboxylic acids is 1. The standard InChI is InChI=1S/C30H28N4O6/c1-37-21-10-6-18(7-11-21)23(22-12-8-19-5-4-14-31-28(19)29(22)36)16-26(35)32-17-27-33-30(34-40-27)20-9-13-24(38-2)25(15-20)39-3/h4-15,23,36H,16-17H2,1-3H3,(H,32,35). The number of nitrogens with one attached hydrogen (secondary N) is 1. The smallest absolute Gasteiger partial charge is 0.246 e. The molecule has 2 aromatic heterocycles. The van der Waals surface area contributed by atoms with E-state index in [1.165, 1.54) is 0 Å². The predicted octanol–water partition coefficient (Wildman–Crippen LogP) is 4.85. The maximum atomic E-state index is 13.1. The molecule has 204 valence electrons. The summed E-state index contributed by atoms with van der Waals surface area (Å²) in [5.74, 6) is 1.76. The molecule has 2 heterocycles. The van der Waals surface area contributed by atoms with Gasteiger partial charge in [0, 0.05) is 35.0 Å². The summed E-state index contributed by atoms with van der Waals surface area (Å²) in [6, 6.07) is 20.1. The number of benzene rings is 3. The summed E-state index contributed by atoms with van der Waals surface area (Å²) >= 11 is 0. The average Bonchev–Trinajstić information content (AvgIpc) is 3.48. The number of pyridine rings is 1. The molecule has 0 radical (unpaired) electrons. The Balaban J connectivity index is 1.34. The Morgan fingerprint density at radius 2 is 1.77 bits per heavy atom. The van der Waals surface area contributed by atoms with Gasteiger partial charge in [-0.05, 0) is 42.0 Å². The van der Waals surface area contributed by atoms with E-state index >= 15 is 0 Å². The van der Waals surface area contributed by atoms with Crippen LogP contribution in [0.25, 0.3) is 22.3 Å². The molecule has 1 unspecified atom stereocenters. The summed E-state index contributed by atoms with van der Waals surface area (Å²) in [6.45, 7) is 0.0414. The Morgan fingerprint density at radius 1 is 0.975 bits per heavy atom. The molecule has 1 atom stereocenters. The van der Waals surface area contributed by atoms with Crippen LogP contribution in [-0.4, -0.2) is 47.5 Å². The van der Waals surface area contributed by atoms with Crippen LogP contribution in [0.2, 0.25) is 0 Å². The summed E-state index contributed by atoms with van der Waals surface area (Å²) < 4.78 is 21.3. The highest BCUT2D eigenvalue weighted by Gasteiger charge is 2.23. The van der Waals surface area contributed by atoms with Gasteiger partial charge in [-0.3, -0.25) is 9.78 Å². The minimum Gasteiger partial charge on any atom is -0.505 e. The molecule has 0 saturated heterocycles. The molecule has 10 heteroatoms. The Morgan fingerprint density at radius 3 is 2.52 bits per heavy atom. The zero-order chi connectivity index (χ0) is 28.1. The number of phenolic OH excluding ortho intramolecular Hbond substituents is 1. The summed E-state index contributed by atoms with van der Waals surface area (Å²) in [6.07, 6.45) is 1.69. The minimum absolute atomic E-state index is 0.0414. The lowest BCUT2D eigenvalue weighted by molar-refractivity contribution is -0.121. The van der Waals surface area contributed by atoms with Gasteiger partial charge in [0.1, 0.15) is 17.0 Å². The van der Waals surface area contributed by atoms with Gasteiger partial charge in [-0.1, -0.05) is 35.5 Å². The second kappa shape index (κ2) is 11.7. The predicted molar refractivity (Wildman–Crippen MR) is 148 cm³/mol. The van der Waals surface area contributed by atoms with Crippen molar-refractivity contribution in [2.45, 2.75) is 18.9 Å². The van der Waals surface area contributed by atoms with Crippen LogP contribution < -0.4 is 19.5 Å².